The zero-order chi connectivity index (χ0) is 21.6. The molecule has 0 aliphatic carbocycles. The number of fused-ring (bicyclic) bond motifs is 2. The van der Waals surface area contributed by atoms with Gasteiger partial charge in [0.1, 0.15) is 0 Å². The number of nitrogens with one attached hydrogen (secondary N) is 1. The molecule has 0 bridgehead atoms. The Morgan fingerprint density at radius 2 is 1.63 bits per heavy atom. The lowest BCUT2D eigenvalue weighted by atomic mass is 10.0. The SMILES string of the molecule is C[C@H](NC(=O)c1ccc2c(c1)S(=O)(=O)c1ccccc1C2=O)c1ccc(Cl)cc1Cl. The number of halogens is 2. The predicted octanol–water partition coefficient (Wildman–Crippen LogP) is 4.86. The Morgan fingerprint density at radius 1 is 0.933 bits per heavy atom. The first-order chi connectivity index (χ1) is 14.2. The highest BCUT2D eigenvalue weighted by Gasteiger charge is 2.35. The molecular formula is C22H15Cl2NO4S. The number of ketones is 1. The molecule has 4 rings (SSSR count). The molecule has 1 atom stereocenters. The van der Waals surface area contributed by atoms with Crippen LogP contribution in [0.5, 0.6) is 0 Å². The van der Waals surface area contributed by atoms with Crippen LogP contribution in [0.4, 0.5) is 0 Å². The summed E-state index contributed by atoms with van der Waals surface area (Å²) in [4.78, 5) is 25.3. The van der Waals surface area contributed by atoms with Gasteiger partial charge < -0.3 is 5.32 Å². The minimum atomic E-state index is -3.92. The first-order valence-corrected chi connectivity index (χ1v) is 11.2. The van der Waals surface area contributed by atoms with Crippen molar-refractivity contribution < 1.29 is 18.0 Å². The van der Waals surface area contributed by atoms with E-state index in [1.54, 1.807) is 37.3 Å². The summed E-state index contributed by atoms with van der Waals surface area (Å²) in [6.45, 7) is 1.75. The maximum atomic E-state index is 13.0. The fourth-order valence-electron chi connectivity index (χ4n) is 3.44. The Bertz CT molecular complexity index is 1320. The number of rotatable bonds is 3. The summed E-state index contributed by atoms with van der Waals surface area (Å²) >= 11 is 12.1. The van der Waals surface area contributed by atoms with Gasteiger partial charge in [-0.2, -0.15) is 0 Å². The van der Waals surface area contributed by atoms with Gasteiger partial charge in [0.25, 0.3) is 5.91 Å². The van der Waals surface area contributed by atoms with Crippen molar-refractivity contribution in [2.75, 3.05) is 0 Å². The third kappa shape index (κ3) is 3.41. The van der Waals surface area contributed by atoms with E-state index in [2.05, 4.69) is 5.32 Å². The van der Waals surface area contributed by atoms with Crippen LogP contribution in [0.2, 0.25) is 10.0 Å². The monoisotopic (exact) mass is 459 g/mol. The zero-order valence-electron chi connectivity index (χ0n) is 15.6. The third-order valence-electron chi connectivity index (χ3n) is 4.98. The molecule has 3 aromatic carbocycles. The summed E-state index contributed by atoms with van der Waals surface area (Å²) in [6.07, 6.45) is 0. The lowest BCUT2D eigenvalue weighted by Gasteiger charge is -2.20. The van der Waals surface area contributed by atoms with Gasteiger partial charge in [0, 0.05) is 26.7 Å². The van der Waals surface area contributed by atoms with E-state index in [4.69, 9.17) is 23.2 Å². The van der Waals surface area contributed by atoms with E-state index in [1.165, 1.54) is 30.3 Å². The Labute approximate surface area is 183 Å². The van der Waals surface area contributed by atoms with Crippen molar-refractivity contribution in [1.29, 1.82) is 0 Å². The molecule has 1 heterocycles. The van der Waals surface area contributed by atoms with Gasteiger partial charge in [-0.3, -0.25) is 9.59 Å². The first-order valence-electron chi connectivity index (χ1n) is 8.99. The lowest BCUT2D eigenvalue weighted by molar-refractivity contribution is 0.0938. The second-order valence-electron chi connectivity index (χ2n) is 6.90. The molecule has 30 heavy (non-hydrogen) atoms. The van der Waals surface area contributed by atoms with Gasteiger partial charge in [-0.25, -0.2) is 8.42 Å². The van der Waals surface area contributed by atoms with Crippen LogP contribution in [0.25, 0.3) is 0 Å². The van der Waals surface area contributed by atoms with Crippen LogP contribution in [0.15, 0.2) is 70.5 Å². The van der Waals surface area contributed by atoms with E-state index in [0.29, 0.717) is 15.6 Å². The van der Waals surface area contributed by atoms with Gasteiger partial charge in [0.15, 0.2) is 5.78 Å². The van der Waals surface area contributed by atoms with Crippen molar-refractivity contribution >= 4 is 44.7 Å². The average Bonchev–Trinajstić information content (AvgIpc) is 2.72. The molecule has 5 nitrogen and oxygen atoms in total. The van der Waals surface area contributed by atoms with Gasteiger partial charge in [-0.1, -0.05) is 41.4 Å². The molecule has 0 radical (unpaired) electrons. The Hall–Kier alpha value is -2.67. The number of hydrogen-bond donors (Lipinski definition) is 1. The zero-order valence-corrected chi connectivity index (χ0v) is 18.0. The van der Waals surface area contributed by atoms with E-state index in [-0.39, 0.29) is 32.3 Å². The van der Waals surface area contributed by atoms with Crippen LogP contribution < -0.4 is 5.32 Å². The normalized spacial score (nSPS) is 15.1. The summed E-state index contributed by atoms with van der Waals surface area (Å²) in [5, 5.41) is 3.68. The maximum absolute atomic E-state index is 13.0. The quantitative estimate of drug-likeness (QED) is 0.474. The highest BCUT2D eigenvalue weighted by molar-refractivity contribution is 7.91. The molecule has 1 amide bonds. The Kier molecular flexibility index (Phi) is 5.18. The third-order valence-corrected chi connectivity index (χ3v) is 7.39. The van der Waals surface area contributed by atoms with E-state index < -0.39 is 21.8 Å². The predicted molar refractivity (Wildman–Crippen MR) is 114 cm³/mol. The van der Waals surface area contributed by atoms with Crippen LogP contribution in [-0.2, 0) is 9.84 Å². The van der Waals surface area contributed by atoms with Crippen molar-refractivity contribution in [1.82, 2.24) is 5.32 Å². The van der Waals surface area contributed by atoms with Crippen LogP contribution >= 0.6 is 23.2 Å². The second-order valence-corrected chi connectivity index (χ2v) is 9.63. The van der Waals surface area contributed by atoms with Gasteiger partial charge >= 0.3 is 0 Å². The van der Waals surface area contributed by atoms with E-state index in [1.807, 2.05) is 0 Å². The molecule has 152 valence electrons. The van der Waals surface area contributed by atoms with Crippen molar-refractivity contribution in [3.8, 4) is 0 Å². The second kappa shape index (κ2) is 7.54. The highest BCUT2D eigenvalue weighted by Crippen LogP contribution is 2.35. The molecule has 8 heteroatoms. The lowest BCUT2D eigenvalue weighted by Crippen LogP contribution is -2.28. The molecule has 0 fully saturated rings. The van der Waals surface area contributed by atoms with Gasteiger partial charge in [0.05, 0.1) is 15.8 Å². The summed E-state index contributed by atoms with van der Waals surface area (Å²) in [5.41, 5.74) is 0.984. The standard InChI is InChI=1S/C22H15Cl2NO4S/c1-12(15-9-7-14(23)11-18(15)24)25-22(27)13-6-8-17-20(10-13)30(28,29)19-5-3-2-4-16(19)21(17)26/h2-12H,1H3,(H,25,27)/t12-/m0/s1. The summed E-state index contributed by atoms with van der Waals surface area (Å²) in [5.74, 6) is -0.874. The maximum Gasteiger partial charge on any atom is 0.251 e. The number of amides is 1. The van der Waals surface area contributed by atoms with Crippen molar-refractivity contribution in [2.24, 2.45) is 0 Å². The number of benzene rings is 3. The molecule has 1 aliphatic heterocycles. The topological polar surface area (TPSA) is 80.3 Å². The molecule has 0 saturated carbocycles. The fraction of sp³-hybridized carbons (Fsp3) is 0.0909. The smallest absolute Gasteiger partial charge is 0.251 e. The molecular weight excluding hydrogens is 445 g/mol. The van der Waals surface area contributed by atoms with Crippen LogP contribution in [0.1, 0.15) is 44.8 Å². The van der Waals surface area contributed by atoms with Gasteiger partial charge in [-0.15, -0.1) is 0 Å². The Morgan fingerprint density at radius 3 is 2.37 bits per heavy atom. The van der Waals surface area contributed by atoms with Crippen LogP contribution in [0, 0.1) is 0 Å². The molecule has 1 aliphatic rings. The molecule has 0 aromatic heterocycles. The first kappa shape index (κ1) is 20.6. The van der Waals surface area contributed by atoms with E-state index in [0.717, 1.165) is 0 Å². The van der Waals surface area contributed by atoms with Crippen LogP contribution in [-0.4, -0.2) is 20.1 Å². The summed E-state index contributed by atoms with van der Waals surface area (Å²) < 4.78 is 26.0. The number of carbonyl (C=O) groups is 2. The van der Waals surface area contributed by atoms with E-state index >= 15 is 0 Å². The number of sulfone groups is 1. The summed E-state index contributed by atoms with van der Waals surface area (Å²) in [7, 11) is -3.92. The number of carbonyl (C=O) groups excluding carboxylic acids is 2. The minimum Gasteiger partial charge on any atom is -0.345 e. The van der Waals surface area contributed by atoms with Gasteiger partial charge in [-0.05, 0) is 55.0 Å². The average molecular weight is 460 g/mol. The molecule has 0 spiro atoms. The van der Waals surface area contributed by atoms with Crippen molar-refractivity contribution in [3.05, 3.63) is 93.0 Å². The fourth-order valence-corrected chi connectivity index (χ4v) is 5.69. The highest BCUT2D eigenvalue weighted by atomic mass is 35.5. The Balaban J connectivity index is 1.68. The summed E-state index contributed by atoms with van der Waals surface area (Å²) in [6, 6.07) is 14.6. The van der Waals surface area contributed by atoms with Crippen LogP contribution in [0.3, 0.4) is 0 Å². The number of hydrogen-bond acceptors (Lipinski definition) is 4. The van der Waals surface area contributed by atoms with Crippen molar-refractivity contribution in [3.63, 3.8) is 0 Å². The van der Waals surface area contributed by atoms with Gasteiger partial charge in [0.2, 0.25) is 9.84 Å². The molecule has 0 unspecified atom stereocenters. The van der Waals surface area contributed by atoms with Crippen molar-refractivity contribution in [2.45, 2.75) is 22.8 Å². The molecule has 3 aromatic rings. The minimum absolute atomic E-state index is 0.0543. The molecule has 1 N–H and O–H groups in total. The van der Waals surface area contributed by atoms with E-state index in [9.17, 15) is 18.0 Å². The largest absolute Gasteiger partial charge is 0.345 e. The molecule has 0 saturated heterocycles.